The first kappa shape index (κ1) is 18.1. The molecule has 0 radical (unpaired) electrons. The van der Waals surface area contributed by atoms with Crippen molar-refractivity contribution in [1.82, 2.24) is 0 Å². The highest BCUT2D eigenvalue weighted by Crippen LogP contribution is 2.27. The van der Waals surface area contributed by atoms with Gasteiger partial charge in [0, 0.05) is 20.8 Å². The third kappa shape index (κ3) is 7.56. The number of esters is 3. The van der Waals surface area contributed by atoms with Gasteiger partial charge in [0.15, 0.2) is 0 Å². The van der Waals surface area contributed by atoms with Crippen molar-refractivity contribution < 1.29 is 28.6 Å². The number of ether oxygens (including phenoxy) is 3. The van der Waals surface area contributed by atoms with E-state index >= 15 is 0 Å². The van der Waals surface area contributed by atoms with Crippen LogP contribution in [0, 0.1) is 5.41 Å². The van der Waals surface area contributed by atoms with Crippen molar-refractivity contribution in [2.75, 3.05) is 13.2 Å². The largest absolute Gasteiger partial charge is 0.465 e. The normalized spacial score (nSPS) is 15.2. The van der Waals surface area contributed by atoms with Crippen LogP contribution in [-0.4, -0.2) is 37.2 Å². The Morgan fingerprint density at radius 2 is 1.60 bits per heavy atom. The molecule has 0 aromatic rings. The lowest BCUT2D eigenvalue weighted by atomic mass is 9.85. The lowest BCUT2D eigenvalue weighted by Crippen LogP contribution is -2.36. The molecule has 6 nitrogen and oxygen atoms in total. The topological polar surface area (TPSA) is 78.9 Å². The third-order valence-electron chi connectivity index (χ3n) is 2.74. The Morgan fingerprint density at radius 3 is 2.05 bits per heavy atom. The summed E-state index contributed by atoms with van der Waals surface area (Å²) in [5.74, 6) is -1.22. The second kappa shape index (κ2) is 8.35. The van der Waals surface area contributed by atoms with Gasteiger partial charge in [-0.05, 0) is 13.8 Å². The highest BCUT2D eigenvalue weighted by atomic mass is 16.6. The van der Waals surface area contributed by atoms with Crippen molar-refractivity contribution in [3.8, 4) is 0 Å². The predicted molar refractivity (Wildman–Crippen MR) is 71.7 cm³/mol. The molecule has 20 heavy (non-hydrogen) atoms. The van der Waals surface area contributed by atoms with Crippen molar-refractivity contribution in [3.05, 3.63) is 12.2 Å². The van der Waals surface area contributed by atoms with E-state index in [1.165, 1.54) is 20.8 Å². The van der Waals surface area contributed by atoms with E-state index in [0.29, 0.717) is 0 Å². The zero-order valence-electron chi connectivity index (χ0n) is 12.6. The van der Waals surface area contributed by atoms with E-state index < -0.39 is 23.5 Å². The van der Waals surface area contributed by atoms with Crippen LogP contribution in [0.5, 0.6) is 0 Å². The van der Waals surface area contributed by atoms with Gasteiger partial charge in [0.25, 0.3) is 0 Å². The van der Waals surface area contributed by atoms with E-state index in [4.69, 9.17) is 14.2 Å². The summed E-state index contributed by atoms with van der Waals surface area (Å²) in [6.45, 7) is 7.60. The molecule has 0 aliphatic rings. The minimum atomic E-state index is -0.697. The van der Waals surface area contributed by atoms with Gasteiger partial charge in [-0.2, -0.15) is 0 Å². The van der Waals surface area contributed by atoms with Gasteiger partial charge in [-0.3, -0.25) is 14.4 Å². The average molecular weight is 286 g/mol. The monoisotopic (exact) mass is 286 g/mol. The van der Waals surface area contributed by atoms with Gasteiger partial charge < -0.3 is 14.2 Å². The summed E-state index contributed by atoms with van der Waals surface area (Å²) in [7, 11) is 0. The van der Waals surface area contributed by atoms with Crippen LogP contribution in [-0.2, 0) is 28.6 Å². The maximum atomic E-state index is 11.0. The molecule has 0 saturated carbocycles. The van der Waals surface area contributed by atoms with Gasteiger partial charge in [0.05, 0.1) is 5.41 Å². The van der Waals surface area contributed by atoms with E-state index in [-0.39, 0.29) is 19.2 Å². The molecule has 114 valence electrons. The van der Waals surface area contributed by atoms with Crippen LogP contribution in [0.4, 0.5) is 0 Å². The Labute approximate surface area is 119 Å². The minimum absolute atomic E-state index is 0.0628. The van der Waals surface area contributed by atoms with Crippen molar-refractivity contribution in [1.29, 1.82) is 0 Å². The maximum Gasteiger partial charge on any atom is 0.302 e. The molecule has 0 heterocycles. The molecule has 2 atom stereocenters. The lowest BCUT2D eigenvalue weighted by molar-refractivity contribution is -0.155. The van der Waals surface area contributed by atoms with Crippen molar-refractivity contribution in [2.45, 2.75) is 40.7 Å². The Bertz CT molecular complexity index is 387. The van der Waals surface area contributed by atoms with Gasteiger partial charge in [-0.1, -0.05) is 12.2 Å². The molecule has 0 amide bonds. The standard InChI is InChI=1S/C14H22O6/c1-10(20-13(4)17)14(5,9-19-12(3)16)7-6-8-18-11(2)15/h6-7,10H,8-9H2,1-5H3/b7-6+/t10-,14+/m0/s1. The first-order valence-corrected chi connectivity index (χ1v) is 6.29. The zero-order chi connectivity index (χ0) is 15.8. The van der Waals surface area contributed by atoms with E-state index in [1.54, 1.807) is 26.0 Å². The molecule has 0 rings (SSSR count). The molecule has 0 bridgehead atoms. The van der Waals surface area contributed by atoms with Crippen molar-refractivity contribution in [3.63, 3.8) is 0 Å². The highest BCUT2D eigenvalue weighted by Gasteiger charge is 2.32. The number of hydrogen-bond acceptors (Lipinski definition) is 6. The van der Waals surface area contributed by atoms with Gasteiger partial charge in [-0.15, -0.1) is 0 Å². The van der Waals surface area contributed by atoms with Crippen LogP contribution < -0.4 is 0 Å². The summed E-state index contributed by atoms with van der Waals surface area (Å²) in [5, 5.41) is 0. The molecule has 0 aliphatic carbocycles. The van der Waals surface area contributed by atoms with Crippen molar-refractivity contribution in [2.24, 2.45) is 5.41 Å². The Hall–Kier alpha value is -1.85. The van der Waals surface area contributed by atoms with Crippen LogP contribution in [0.2, 0.25) is 0 Å². The number of carbonyl (C=O) groups excluding carboxylic acids is 3. The zero-order valence-corrected chi connectivity index (χ0v) is 12.6. The molecule has 0 aliphatic heterocycles. The summed E-state index contributed by atoms with van der Waals surface area (Å²) in [4.78, 5) is 32.6. The first-order chi connectivity index (χ1) is 9.17. The Morgan fingerprint density at radius 1 is 1.05 bits per heavy atom. The SMILES string of the molecule is CC(=O)OC/C=C/[C@](C)(COC(C)=O)[C@H](C)OC(C)=O. The summed E-state index contributed by atoms with van der Waals surface area (Å²) in [6, 6.07) is 0. The molecule has 6 heteroatoms. The summed E-state index contributed by atoms with van der Waals surface area (Å²) in [6.07, 6.45) is 2.85. The summed E-state index contributed by atoms with van der Waals surface area (Å²) in [5.41, 5.74) is -0.697. The molecule has 0 aromatic carbocycles. The molecular formula is C14H22O6. The second-order valence-electron chi connectivity index (χ2n) is 4.74. The maximum absolute atomic E-state index is 11.0. The molecule has 0 fully saturated rings. The van der Waals surface area contributed by atoms with Crippen LogP contribution in [0.1, 0.15) is 34.6 Å². The highest BCUT2D eigenvalue weighted by molar-refractivity contribution is 5.67. The molecule has 0 aromatic heterocycles. The molecular weight excluding hydrogens is 264 g/mol. The fraction of sp³-hybridized carbons (Fsp3) is 0.643. The number of hydrogen-bond donors (Lipinski definition) is 0. The molecule has 0 unspecified atom stereocenters. The number of carbonyl (C=O) groups is 3. The van der Waals surface area contributed by atoms with Gasteiger partial charge in [0.2, 0.25) is 0 Å². The van der Waals surface area contributed by atoms with Crippen LogP contribution in [0.25, 0.3) is 0 Å². The third-order valence-corrected chi connectivity index (χ3v) is 2.74. The fourth-order valence-corrected chi connectivity index (χ4v) is 1.42. The molecule has 0 saturated heterocycles. The van der Waals surface area contributed by atoms with E-state index in [0.717, 1.165) is 0 Å². The van der Waals surface area contributed by atoms with Crippen LogP contribution in [0.3, 0.4) is 0 Å². The number of rotatable bonds is 7. The quantitative estimate of drug-likeness (QED) is 0.402. The Balaban J connectivity index is 4.79. The average Bonchev–Trinajstić information content (AvgIpc) is 2.31. The van der Waals surface area contributed by atoms with E-state index in [1.807, 2.05) is 0 Å². The van der Waals surface area contributed by atoms with Gasteiger partial charge in [0.1, 0.15) is 19.3 Å². The lowest BCUT2D eigenvalue weighted by Gasteiger charge is -2.31. The Kier molecular flexibility index (Phi) is 7.57. The van der Waals surface area contributed by atoms with Gasteiger partial charge >= 0.3 is 17.9 Å². The van der Waals surface area contributed by atoms with E-state index in [9.17, 15) is 14.4 Å². The van der Waals surface area contributed by atoms with Gasteiger partial charge in [-0.25, -0.2) is 0 Å². The minimum Gasteiger partial charge on any atom is -0.465 e. The van der Waals surface area contributed by atoms with E-state index in [2.05, 4.69) is 0 Å². The van der Waals surface area contributed by atoms with Crippen molar-refractivity contribution >= 4 is 17.9 Å². The fourth-order valence-electron chi connectivity index (χ4n) is 1.42. The smallest absolute Gasteiger partial charge is 0.302 e. The summed E-state index contributed by atoms with van der Waals surface area (Å²) < 4.78 is 14.9. The predicted octanol–water partition coefficient (Wildman–Crippen LogP) is 1.63. The van der Waals surface area contributed by atoms with Crippen LogP contribution in [0.15, 0.2) is 12.2 Å². The second-order valence-corrected chi connectivity index (χ2v) is 4.74. The van der Waals surface area contributed by atoms with Crippen LogP contribution >= 0.6 is 0 Å². The first-order valence-electron chi connectivity index (χ1n) is 6.29. The molecule has 0 spiro atoms. The molecule has 0 N–H and O–H groups in total. The summed E-state index contributed by atoms with van der Waals surface area (Å²) >= 11 is 0.